The zero-order valence-electron chi connectivity index (χ0n) is 12.1. The van der Waals surface area contributed by atoms with Gasteiger partial charge < -0.3 is 5.73 Å². The van der Waals surface area contributed by atoms with Crippen LogP contribution in [-0.4, -0.2) is 38.4 Å². The summed E-state index contributed by atoms with van der Waals surface area (Å²) in [6.07, 6.45) is 9.72. The topological polar surface area (TPSA) is 59.5 Å². The molecular weight excluding hydrogens is 286 g/mol. The Morgan fingerprint density at radius 2 is 2.19 bits per heavy atom. The van der Waals surface area contributed by atoms with E-state index in [4.69, 9.17) is 5.73 Å². The molecule has 3 heterocycles. The van der Waals surface area contributed by atoms with E-state index in [0.717, 1.165) is 30.5 Å². The van der Waals surface area contributed by atoms with Gasteiger partial charge in [-0.25, -0.2) is 9.97 Å². The van der Waals surface area contributed by atoms with Gasteiger partial charge in [0.1, 0.15) is 0 Å². The quantitative estimate of drug-likeness (QED) is 0.917. The van der Waals surface area contributed by atoms with Gasteiger partial charge in [0.15, 0.2) is 0 Å². The van der Waals surface area contributed by atoms with Crippen molar-refractivity contribution in [2.75, 3.05) is 13.1 Å². The maximum Gasteiger partial charge on any atom is 0.233 e. The first-order valence-electron chi connectivity index (χ1n) is 7.56. The van der Waals surface area contributed by atoms with Gasteiger partial charge >= 0.3 is 0 Å². The van der Waals surface area contributed by atoms with Gasteiger partial charge in [-0.2, -0.15) is 0 Å². The molecule has 21 heavy (non-hydrogen) atoms. The lowest BCUT2D eigenvalue weighted by Gasteiger charge is -2.29. The van der Waals surface area contributed by atoms with E-state index in [-0.39, 0.29) is 12.4 Å². The molecule has 1 saturated carbocycles. The van der Waals surface area contributed by atoms with Gasteiger partial charge in [-0.05, 0) is 30.7 Å². The molecule has 2 N–H and O–H groups in total. The Labute approximate surface area is 131 Å². The molecule has 2 aromatic heterocycles. The SMILES string of the molecule is Cl.NC1CCCC2CN(Cc3cn4cccnc4n3)CC12. The summed E-state index contributed by atoms with van der Waals surface area (Å²) >= 11 is 0. The summed E-state index contributed by atoms with van der Waals surface area (Å²) in [5.41, 5.74) is 7.39. The molecule has 0 amide bonds. The summed E-state index contributed by atoms with van der Waals surface area (Å²) in [7, 11) is 0. The molecule has 114 valence electrons. The van der Waals surface area contributed by atoms with Gasteiger partial charge in [-0.15, -0.1) is 12.4 Å². The molecule has 1 aliphatic carbocycles. The lowest BCUT2D eigenvalue weighted by molar-refractivity contribution is 0.259. The Kier molecular flexibility index (Phi) is 4.15. The first kappa shape index (κ1) is 14.8. The Morgan fingerprint density at radius 3 is 3.00 bits per heavy atom. The zero-order valence-corrected chi connectivity index (χ0v) is 12.9. The average molecular weight is 308 g/mol. The average Bonchev–Trinajstić information content (AvgIpc) is 3.02. The number of likely N-dealkylation sites (tertiary alicyclic amines) is 1. The van der Waals surface area contributed by atoms with Gasteiger partial charge in [0.2, 0.25) is 5.78 Å². The molecule has 0 radical (unpaired) electrons. The van der Waals surface area contributed by atoms with Crippen molar-refractivity contribution in [3.8, 4) is 0 Å². The Balaban J connectivity index is 0.00000132. The van der Waals surface area contributed by atoms with Crippen LogP contribution in [0.1, 0.15) is 25.0 Å². The van der Waals surface area contributed by atoms with Crippen LogP contribution >= 0.6 is 12.4 Å². The molecule has 0 aromatic carbocycles. The number of hydrogen-bond donors (Lipinski definition) is 1. The maximum atomic E-state index is 6.28. The highest BCUT2D eigenvalue weighted by molar-refractivity contribution is 5.85. The minimum atomic E-state index is 0. The fourth-order valence-corrected chi connectivity index (χ4v) is 3.92. The van der Waals surface area contributed by atoms with Gasteiger partial charge in [-0.1, -0.05) is 6.42 Å². The van der Waals surface area contributed by atoms with Crippen LogP contribution in [0, 0.1) is 11.8 Å². The molecule has 1 aliphatic heterocycles. The summed E-state index contributed by atoms with van der Waals surface area (Å²) < 4.78 is 1.99. The molecule has 1 saturated heterocycles. The lowest BCUT2D eigenvalue weighted by atomic mass is 9.78. The van der Waals surface area contributed by atoms with Crippen LogP contribution in [0.25, 0.3) is 5.78 Å². The molecular formula is C15H22ClN5. The van der Waals surface area contributed by atoms with Crippen molar-refractivity contribution in [2.24, 2.45) is 17.6 Å². The van der Waals surface area contributed by atoms with Gasteiger partial charge in [-0.3, -0.25) is 9.30 Å². The summed E-state index contributed by atoms with van der Waals surface area (Å²) in [6.45, 7) is 3.23. The van der Waals surface area contributed by atoms with E-state index in [1.807, 2.05) is 16.7 Å². The Hall–Kier alpha value is -1.17. The van der Waals surface area contributed by atoms with Crippen LogP contribution in [0.2, 0.25) is 0 Å². The minimum Gasteiger partial charge on any atom is -0.327 e. The Bertz CT molecular complexity index is 580. The standard InChI is InChI=1S/C15H21N5.ClH/c16-14-4-1-3-11-7-19(10-13(11)14)8-12-9-20-6-2-5-17-15(20)18-12;/h2,5-6,9,11,13-14H,1,3-4,7-8,10,16H2;1H. The maximum absolute atomic E-state index is 6.28. The first-order valence-corrected chi connectivity index (χ1v) is 7.56. The highest BCUT2D eigenvalue weighted by atomic mass is 35.5. The molecule has 4 rings (SSSR count). The monoisotopic (exact) mass is 307 g/mol. The third kappa shape index (κ3) is 2.78. The van der Waals surface area contributed by atoms with Crippen molar-refractivity contribution in [1.29, 1.82) is 0 Å². The van der Waals surface area contributed by atoms with Crippen LogP contribution in [0.5, 0.6) is 0 Å². The number of imidazole rings is 1. The van der Waals surface area contributed by atoms with E-state index in [9.17, 15) is 0 Å². The second-order valence-electron chi connectivity index (χ2n) is 6.27. The number of nitrogens with two attached hydrogens (primary N) is 1. The van der Waals surface area contributed by atoms with Crippen LogP contribution < -0.4 is 5.73 Å². The van der Waals surface area contributed by atoms with Crippen LogP contribution in [0.15, 0.2) is 24.7 Å². The lowest BCUT2D eigenvalue weighted by Crippen LogP contribution is -2.38. The molecule has 0 bridgehead atoms. The number of fused-ring (bicyclic) bond motifs is 2. The summed E-state index contributed by atoms with van der Waals surface area (Å²) in [5, 5.41) is 0. The number of rotatable bonds is 2. The minimum absolute atomic E-state index is 0. The molecule has 6 heteroatoms. The van der Waals surface area contributed by atoms with Crippen molar-refractivity contribution in [1.82, 2.24) is 19.3 Å². The summed E-state index contributed by atoms with van der Waals surface area (Å²) in [5.74, 6) is 2.28. The largest absolute Gasteiger partial charge is 0.327 e. The van der Waals surface area contributed by atoms with Crippen LogP contribution in [0.3, 0.4) is 0 Å². The van der Waals surface area contributed by atoms with E-state index in [2.05, 4.69) is 21.1 Å². The Morgan fingerprint density at radius 1 is 1.29 bits per heavy atom. The van der Waals surface area contributed by atoms with Gasteiger partial charge in [0, 0.05) is 44.3 Å². The molecule has 0 spiro atoms. The second-order valence-corrected chi connectivity index (χ2v) is 6.27. The van der Waals surface area contributed by atoms with E-state index in [0.29, 0.717) is 12.0 Å². The molecule has 3 unspecified atom stereocenters. The van der Waals surface area contributed by atoms with Gasteiger partial charge in [0.05, 0.1) is 5.69 Å². The summed E-state index contributed by atoms with van der Waals surface area (Å²) in [4.78, 5) is 11.4. The molecule has 5 nitrogen and oxygen atoms in total. The van der Waals surface area contributed by atoms with E-state index in [1.165, 1.54) is 25.8 Å². The normalized spacial score (nSPS) is 29.3. The molecule has 3 atom stereocenters. The van der Waals surface area contributed by atoms with E-state index in [1.54, 1.807) is 6.20 Å². The summed E-state index contributed by atoms with van der Waals surface area (Å²) in [6, 6.07) is 2.34. The number of halogens is 1. The fraction of sp³-hybridized carbons (Fsp3) is 0.600. The van der Waals surface area contributed by atoms with E-state index < -0.39 is 0 Å². The number of nitrogens with zero attached hydrogens (tertiary/aromatic N) is 4. The zero-order chi connectivity index (χ0) is 13.5. The molecule has 2 aromatic rings. The predicted molar refractivity (Wildman–Crippen MR) is 84.3 cm³/mol. The van der Waals surface area contributed by atoms with Crippen molar-refractivity contribution < 1.29 is 0 Å². The van der Waals surface area contributed by atoms with Crippen molar-refractivity contribution in [2.45, 2.75) is 31.8 Å². The predicted octanol–water partition coefficient (Wildman–Crippen LogP) is 1.71. The van der Waals surface area contributed by atoms with Crippen molar-refractivity contribution in [3.05, 3.63) is 30.4 Å². The molecule has 2 aliphatic rings. The fourth-order valence-electron chi connectivity index (χ4n) is 3.92. The second kappa shape index (κ2) is 5.91. The number of hydrogen-bond acceptors (Lipinski definition) is 4. The van der Waals surface area contributed by atoms with Crippen LogP contribution in [0.4, 0.5) is 0 Å². The third-order valence-electron chi connectivity index (χ3n) is 4.90. The highest BCUT2D eigenvalue weighted by Crippen LogP contribution is 2.35. The number of aromatic nitrogens is 3. The highest BCUT2D eigenvalue weighted by Gasteiger charge is 2.38. The third-order valence-corrected chi connectivity index (χ3v) is 4.90. The van der Waals surface area contributed by atoms with Crippen molar-refractivity contribution >= 4 is 18.2 Å². The molecule has 2 fully saturated rings. The first-order chi connectivity index (χ1) is 9.79. The van der Waals surface area contributed by atoms with E-state index >= 15 is 0 Å². The van der Waals surface area contributed by atoms with Gasteiger partial charge in [0.25, 0.3) is 0 Å². The van der Waals surface area contributed by atoms with Crippen LogP contribution in [-0.2, 0) is 6.54 Å². The van der Waals surface area contributed by atoms with Crippen molar-refractivity contribution in [3.63, 3.8) is 0 Å². The smallest absolute Gasteiger partial charge is 0.233 e.